The van der Waals surface area contributed by atoms with Gasteiger partial charge in [-0.15, -0.1) is 0 Å². The molecule has 0 aromatic heterocycles. The van der Waals surface area contributed by atoms with Gasteiger partial charge in [0.25, 0.3) is 0 Å². The predicted octanol–water partition coefficient (Wildman–Crippen LogP) is 2.14. The molecule has 0 saturated carbocycles. The summed E-state index contributed by atoms with van der Waals surface area (Å²) < 4.78 is 7.20. The zero-order valence-corrected chi connectivity index (χ0v) is 12.6. The number of benzene rings is 1. The molecule has 1 aromatic rings. The molecule has 1 fully saturated rings. The zero-order valence-electron chi connectivity index (χ0n) is 10.9. The molecular weight excluding hydrogens is 291 g/mol. The van der Waals surface area contributed by atoms with Crippen molar-refractivity contribution in [2.75, 3.05) is 6.61 Å². The molecule has 18 heavy (non-hydrogen) atoms. The first-order valence-corrected chi connectivity index (χ1v) is 8.65. The van der Waals surface area contributed by atoms with Crippen molar-refractivity contribution in [1.82, 2.24) is 0 Å². The average Bonchev–Trinajstić information content (AvgIpc) is 2.82. The Balaban J connectivity index is 1.96. The van der Waals surface area contributed by atoms with Gasteiger partial charge in [-0.2, -0.15) is 0 Å². The van der Waals surface area contributed by atoms with Crippen LogP contribution in [-0.2, 0) is 4.74 Å². The van der Waals surface area contributed by atoms with Gasteiger partial charge < -0.3 is 0 Å². The van der Waals surface area contributed by atoms with E-state index in [0.29, 0.717) is 26.4 Å². The Hall–Kier alpha value is -0.341. The molecule has 3 atom stereocenters. The normalized spacial score (nSPS) is 25.2. The molecule has 1 saturated heterocycles. The van der Waals surface area contributed by atoms with Crippen LogP contribution >= 0.6 is 0 Å². The van der Waals surface area contributed by atoms with Crippen LogP contribution in [0.15, 0.2) is 30.3 Å². The summed E-state index contributed by atoms with van der Waals surface area (Å²) in [6.07, 6.45) is 4.56. The Bertz CT molecular complexity index is 342. The van der Waals surface area contributed by atoms with Crippen molar-refractivity contribution < 1.29 is 9.84 Å². The summed E-state index contributed by atoms with van der Waals surface area (Å²) in [5.41, 5.74) is 0. The Morgan fingerprint density at radius 3 is 2.78 bits per heavy atom. The molecule has 1 heterocycles. The summed E-state index contributed by atoms with van der Waals surface area (Å²) in [5.74, 6) is 0. The second-order valence-electron chi connectivity index (χ2n) is 4.87. The van der Waals surface area contributed by atoms with E-state index >= 15 is 0 Å². The summed E-state index contributed by atoms with van der Waals surface area (Å²) in [5, 5.41) is 9.62. The van der Waals surface area contributed by atoms with Gasteiger partial charge in [0.2, 0.25) is 0 Å². The SMILES string of the molecule is CCCC[C@H]([Se]c1ccccc1)[C@H]1C[C@H](O)CO1. The van der Waals surface area contributed by atoms with Gasteiger partial charge in [-0.1, -0.05) is 0 Å². The molecule has 0 radical (unpaired) electrons. The van der Waals surface area contributed by atoms with E-state index in [2.05, 4.69) is 37.3 Å². The number of rotatable bonds is 6. The van der Waals surface area contributed by atoms with Crippen LogP contribution in [0, 0.1) is 0 Å². The van der Waals surface area contributed by atoms with E-state index in [9.17, 15) is 5.11 Å². The van der Waals surface area contributed by atoms with Crippen molar-refractivity contribution in [2.24, 2.45) is 0 Å². The van der Waals surface area contributed by atoms with Gasteiger partial charge in [0, 0.05) is 0 Å². The van der Waals surface area contributed by atoms with Gasteiger partial charge in [-0.25, -0.2) is 0 Å². The third kappa shape index (κ3) is 4.10. The second kappa shape index (κ2) is 7.30. The number of hydrogen-bond donors (Lipinski definition) is 1. The van der Waals surface area contributed by atoms with Crippen LogP contribution in [0.4, 0.5) is 0 Å². The first kappa shape index (κ1) is 14.1. The number of aliphatic hydroxyl groups is 1. The van der Waals surface area contributed by atoms with Crippen LogP contribution < -0.4 is 4.46 Å². The first-order chi connectivity index (χ1) is 8.79. The van der Waals surface area contributed by atoms with E-state index in [1.807, 2.05) is 0 Å². The van der Waals surface area contributed by atoms with Gasteiger partial charge >= 0.3 is 116 Å². The van der Waals surface area contributed by atoms with Crippen LogP contribution in [-0.4, -0.2) is 38.9 Å². The molecule has 2 nitrogen and oxygen atoms in total. The molecule has 2 rings (SSSR count). The van der Waals surface area contributed by atoms with E-state index < -0.39 is 0 Å². The molecule has 100 valence electrons. The molecule has 0 spiro atoms. The Kier molecular flexibility index (Phi) is 5.71. The molecule has 1 N–H and O–H groups in total. The van der Waals surface area contributed by atoms with Gasteiger partial charge in [0.15, 0.2) is 0 Å². The minimum absolute atomic E-state index is 0.245. The fraction of sp³-hybridized carbons (Fsp3) is 0.600. The van der Waals surface area contributed by atoms with Crippen molar-refractivity contribution in [3.05, 3.63) is 30.3 Å². The summed E-state index contributed by atoms with van der Waals surface area (Å²) in [6, 6.07) is 10.7. The first-order valence-electron chi connectivity index (χ1n) is 6.81. The van der Waals surface area contributed by atoms with Crippen LogP contribution in [0.1, 0.15) is 32.6 Å². The van der Waals surface area contributed by atoms with E-state index in [-0.39, 0.29) is 12.2 Å². The minimum atomic E-state index is -0.245. The van der Waals surface area contributed by atoms with Gasteiger partial charge in [-0.3, -0.25) is 0 Å². The van der Waals surface area contributed by atoms with Crippen molar-refractivity contribution in [1.29, 1.82) is 0 Å². The number of ether oxygens (including phenoxy) is 1. The average molecular weight is 313 g/mol. The van der Waals surface area contributed by atoms with Crippen LogP contribution in [0.25, 0.3) is 0 Å². The molecule has 3 heteroatoms. The van der Waals surface area contributed by atoms with E-state index in [0.717, 1.165) is 6.42 Å². The fourth-order valence-corrected chi connectivity index (χ4v) is 5.00. The number of aliphatic hydroxyl groups excluding tert-OH is 1. The van der Waals surface area contributed by atoms with Gasteiger partial charge in [0.05, 0.1) is 0 Å². The molecule has 1 aliphatic heterocycles. The molecule has 0 unspecified atom stereocenters. The van der Waals surface area contributed by atoms with Crippen molar-refractivity contribution in [3.8, 4) is 0 Å². The van der Waals surface area contributed by atoms with Crippen LogP contribution in [0.2, 0.25) is 4.82 Å². The Morgan fingerprint density at radius 1 is 1.39 bits per heavy atom. The fourth-order valence-electron chi connectivity index (χ4n) is 2.30. The Morgan fingerprint density at radius 2 is 2.17 bits per heavy atom. The monoisotopic (exact) mass is 314 g/mol. The summed E-state index contributed by atoms with van der Waals surface area (Å²) in [4.78, 5) is 0.608. The quantitative estimate of drug-likeness (QED) is 0.816. The van der Waals surface area contributed by atoms with Crippen molar-refractivity contribution in [2.45, 2.75) is 49.6 Å². The van der Waals surface area contributed by atoms with Gasteiger partial charge in [-0.05, 0) is 0 Å². The molecule has 0 amide bonds. The maximum absolute atomic E-state index is 9.62. The van der Waals surface area contributed by atoms with Crippen molar-refractivity contribution in [3.63, 3.8) is 0 Å². The molecule has 0 bridgehead atoms. The third-order valence-electron chi connectivity index (χ3n) is 3.29. The van der Waals surface area contributed by atoms with Crippen molar-refractivity contribution >= 4 is 19.4 Å². The number of hydrogen-bond acceptors (Lipinski definition) is 2. The van der Waals surface area contributed by atoms with Crippen LogP contribution in [0.5, 0.6) is 0 Å². The summed E-state index contributed by atoms with van der Waals surface area (Å²) >= 11 is 0.450. The second-order valence-corrected chi connectivity index (χ2v) is 7.63. The summed E-state index contributed by atoms with van der Waals surface area (Å²) in [6.45, 7) is 2.76. The number of unbranched alkanes of at least 4 members (excludes halogenated alkanes) is 1. The van der Waals surface area contributed by atoms with E-state index in [1.54, 1.807) is 0 Å². The standard InChI is InChI=1S/C15H22O2Se/c1-2-3-9-15(14-10-12(16)11-17-14)18-13-7-5-4-6-8-13/h4-8,12,14-16H,2-3,9-11H2,1H3/t12-,14+,15-/m0/s1. The van der Waals surface area contributed by atoms with Gasteiger partial charge in [0.1, 0.15) is 0 Å². The van der Waals surface area contributed by atoms with E-state index in [4.69, 9.17) is 4.74 Å². The molecule has 1 aliphatic rings. The summed E-state index contributed by atoms with van der Waals surface area (Å²) in [7, 11) is 0. The maximum atomic E-state index is 9.62. The topological polar surface area (TPSA) is 29.5 Å². The molecule has 1 aromatic carbocycles. The molecule has 0 aliphatic carbocycles. The van der Waals surface area contributed by atoms with E-state index in [1.165, 1.54) is 23.7 Å². The third-order valence-corrected chi connectivity index (χ3v) is 6.20. The zero-order chi connectivity index (χ0) is 12.8. The van der Waals surface area contributed by atoms with Crippen LogP contribution in [0.3, 0.4) is 0 Å². The molecular formula is C15H22O2Se. The predicted molar refractivity (Wildman–Crippen MR) is 75.5 cm³/mol. The Labute approximate surface area is 116 Å².